The molecule has 0 aliphatic rings. The fourth-order valence-electron chi connectivity index (χ4n) is 2.64. The minimum Gasteiger partial charge on any atom is -0.465 e. The van der Waals surface area contributed by atoms with E-state index < -0.39 is 36.0 Å². The Labute approximate surface area is 204 Å². The largest absolute Gasteiger partial charge is 0.465 e. The van der Waals surface area contributed by atoms with E-state index in [1.165, 1.54) is 0 Å². The van der Waals surface area contributed by atoms with Crippen LogP contribution in [0.3, 0.4) is 0 Å². The van der Waals surface area contributed by atoms with Crippen molar-refractivity contribution in [1.29, 1.82) is 0 Å². The van der Waals surface area contributed by atoms with Gasteiger partial charge in [-0.2, -0.15) is 0 Å². The van der Waals surface area contributed by atoms with Crippen LogP contribution in [0, 0.1) is 17.8 Å². The first-order chi connectivity index (χ1) is 16.0. The molecule has 1 unspecified atom stereocenters. The van der Waals surface area contributed by atoms with Crippen LogP contribution in [0.15, 0.2) is 0 Å². The molecule has 0 saturated heterocycles. The highest BCUT2D eigenvalue weighted by Gasteiger charge is 2.27. The predicted octanol–water partition coefficient (Wildman–Crippen LogP) is 2.53. The third-order valence-corrected chi connectivity index (χ3v) is 4.46. The molecule has 10 nitrogen and oxygen atoms in total. The summed E-state index contributed by atoms with van der Waals surface area (Å²) in [5.41, 5.74) is 5.53. The Balaban J connectivity index is 5.14. The van der Waals surface area contributed by atoms with Crippen molar-refractivity contribution < 1.29 is 33.4 Å². The van der Waals surface area contributed by atoms with Crippen molar-refractivity contribution in [1.82, 2.24) is 10.6 Å². The maximum atomic E-state index is 12.7. The lowest BCUT2D eigenvalue weighted by molar-refractivity contribution is -0.148. The minimum atomic E-state index is -1.07. The van der Waals surface area contributed by atoms with Crippen molar-refractivity contribution in [2.45, 2.75) is 85.7 Å². The van der Waals surface area contributed by atoms with E-state index in [0.717, 1.165) is 0 Å². The highest BCUT2D eigenvalue weighted by Crippen LogP contribution is 2.07. The fraction of sp³-hybridized carbons (Fsp3) is 0.833. The second-order valence-corrected chi connectivity index (χ2v) is 9.67. The smallest absolute Gasteiger partial charge is 0.328 e. The molecule has 198 valence electrons. The number of hydrogen-bond acceptors (Lipinski definition) is 8. The number of esters is 3. The fourth-order valence-corrected chi connectivity index (χ4v) is 2.64. The Morgan fingerprint density at radius 2 is 1.12 bits per heavy atom. The van der Waals surface area contributed by atoms with Gasteiger partial charge in [-0.25, -0.2) is 14.4 Å². The molecule has 4 N–H and O–H groups in total. The van der Waals surface area contributed by atoms with Crippen LogP contribution < -0.4 is 16.4 Å². The van der Waals surface area contributed by atoms with Crippen LogP contribution in [0.1, 0.15) is 73.6 Å². The topological polar surface area (TPSA) is 146 Å². The lowest BCUT2D eigenvalue weighted by Crippen LogP contribution is -2.52. The number of hydrogen-bond donors (Lipinski definition) is 3. The number of carbonyl (C=O) groups is 4. The Hall–Kier alpha value is -2.36. The molecule has 0 fully saturated rings. The first kappa shape index (κ1) is 31.6. The number of amides is 2. The first-order valence-corrected chi connectivity index (χ1v) is 12.2. The first-order valence-electron chi connectivity index (χ1n) is 12.2. The van der Waals surface area contributed by atoms with Gasteiger partial charge in [0.25, 0.3) is 0 Å². The van der Waals surface area contributed by atoms with Crippen molar-refractivity contribution in [2.75, 3.05) is 26.4 Å². The van der Waals surface area contributed by atoms with Crippen molar-refractivity contribution >= 4 is 23.9 Å². The molecule has 0 rings (SSSR count). The third kappa shape index (κ3) is 16.3. The van der Waals surface area contributed by atoms with Gasteiger partial charge in [-0.15, -0.1) is 0 Å². The van der Waals surface area contributed by atoms with Crippen LogP contribution in [0.5, 0.6) is 0 Å². The summed E-state index contributed by atoms with van der Waals surface area (Å²) in [4.78, 5) is 49.7. The lowest BCUT2D eigenvalue weighted by Gasteiger charge is -2.22. The Morgan fingerprint density at radius 3 is 1.56 bits per heavy atom. The van der Waals surface area contributed by atoms with Gasteiger partial charge in [0.2, 0.25) is 0 Å². The maximum Gasteiger partial charge on any atom is 0.328 e. The summed E-state index contributed by atoms with van der Waals surface area (Å²) < 4.78 is 15.7. The highest BCUT2D eigenvalue weighted by molar-refractivity contribution is 5.87. The molecule has 0 saturated carbocycles. The van der Waals surface area contributed by atoms with Gasteiger partial charge in [0, 0.05) is 6.42 Å². The van der Waals surface area contributed by atoms with Gasteiger partial charge in [-0.1, -0.05) is 41.5 Å². The summed E-state index contributed by atoms with van der Waals surface area (Å²) in [6.07, 6.45) is 1.62. The van der Waals surface area contributed by atoms with Crippen LogP contribution >= 0.6 is 0 Å². The summed E-state index contributed by atoms with van der Waals surface area (Å²) in [7, 11) is 0. The van der Waals surface area contributed by atoms with E-state index in [9.17, 15) is 19.2 Å². The molecular formula is C24H45N3O7. The summed E-state index contributed by atoms with van der Waals surface area (Å²) >= 11 is 0. The predicted molar refractivity (Wildman–Crippen MR) is 129 cm³/mol. The van der Waals surface area contributed by atoms with E-state index in [0.29, 0.717) is 25.8 Å². The van der Waals surface area contributed by atoms with E-state index >= 15 is 0 Å². The summed E-state index contributed by atoms with van der Waals surface area (Å²) in [6, 6.07) is -2.67. The number of unbranched alkanes of at least 4 members (excludes halogenated alkanes) is 1. The van der Waals surface area contributed by atoms with Crippen LogP contribution in [0.25, 0.3) is 0 Å². The van der Waals surface area contributed by atoms with E-state index in [1.54, 1.807) is 0 Å². The number of carbonyl (C=O) groups excluding carboxylic acids is 4. The van der Waals surface area contributed by atoms with Crippen LogP contribution in [-0.2, 0) is 28.6 Å². The molecule has 10 heteroatoms. The maximum absolute atomic E-state index is 12.7. The summed E-state index contributed by atoms with van der Waals surface area (Å²) in [6.45, 7) is 12.6. The average molecular weight is 488 g/mol. The summed E-state index contributed by atoms with van der Waals surface area (Å²) in [5.74, 6) is -1.21. The molecule has 34 heavy (non-hydrogen) atoms. The van der Waals surface area contributed by atoms with E-state index in [2.05, 4.69) is 10.6 Å². The van der Waals surface area contributed by atoms with Gasteiger partial charge in [-0.3, -0.25) is 4.79 Å². The molecule has 0 bridgehead atoms. The monoisotopic (exact) mass is 487 g/mol. The Bertz CT molecular complexity index is 624. The molecule has 0 radical (unpaired) electrons. The quantitative estimate of drug-likeness (QED) is 0.161. The molecule has 0 aliphatic carbocycles. The Kier molecular flexibility index (Phi) is 16.8. The molecule has 0 spiro atoms. The summed E-state index contributed by atoms with van der Waals surface area (Å²) in [5, 5.41) is 5.12. The zero-order valence-electron chi connectivity index (χ0n) is 21.7. The van der Waals surface area contributed by atoms with Gasteiger partial charge in [0.15, 0.2) is 0 Å². The van der Waals surface area contributed by atoms with Gasteiger partial charge < -0.3 is 30.6 Å². The molecular weight excluding hydrogens is 442 g/mol. The third-order valence-electron chi connectivity index (χ3n) is 4.46. The normalized spacial score (nSPS) is 12.9. The van der Waals surface area contributed by atoms with E-state index in [1.807, 2.05) is 41.5 Å². The molecule has 0 aliphatic heterocycles. The molecule has 0 aromatic heterocycles. The minimum absolute atomic E-state index is 0.0108. The van der Waals surface area contributed by atoms with Gasteiger partial charge in [0.05, 0.1) is 19.8 Å². The van der Waals surface area contributed by atoms with Crippen LogP contribution in [0.2, 0.25) is 0 Å². The number of nitrogens with one attached hydrogen (secondary N) is 2. The van der Waals surface area contributed by atoms with E-state index in [4.69, 9.17) is 19.9 Å². The van der Waals surface area contributed by atoms with E-state index in [-0.39, 0.29) is 50.4 Å². The number of nitrogens with two attached hydrogens (primary N) is 1. The molecule has 0 heterocycles. The number of rotatable bonds is 17. The molecule has 0 aromatic rings. The van der Waals surface area contributed by atoms with Crippen molar-refractivity contribution in [3.8, 4) is 0 Å². The van der Waals surface area contributed by atoms with Gasteiger partial charge in [-0.05, 0) is 50.0 Å². The van der Waals surface area contributed by atoms with Gasteiger partial charge >= 0.3 is 23.9 Å². The molecule has 0 aromatic carbocycles. The standard InChI is InChI=1S/C24H45N3O7/c1-16(2)13-32-21(28)11-10-20(23(30)34-15-18(5)6)27-24(31)26-19(9-7-8-12-25)22(29)33-14-17(3)4/h16-20H,7-15,25H2,1-6H3,(H2,26,27,31)/t19-,20?/m0/s1. The molecule has 2 amide bonds. The molecule has 2 atom stereocenters. The zero-order chi connectivity index (χ0) is 26.1. The van der Waals surface area contributed by atoms with Crippen molar-refractivity contribution in [3.05, 3.63) is 0 Å². The second kappa shape index (κ2) is 18.0. The highest BCUT2D eigenvalue weighted by atomic mass is 16.5. The number of urea groups is 1. The van der Waals surface area contributed by atoms with Crippen molar-refractivity contribution in [3.63, 3.8) is 0 Å². The Morgan fingerprint density at radius 1 is 0.676 bits per heavy atom. The van der Waals surface area contributed by atoms with Gasteiger partial charge in [0.1, 0.15) is 12.1 Å². The van der Waals surface area contributed by atoms with Crippen LogP contribution in [0.4, 0.5) is 4.79 Å². The SMILES string of the molecule is CC(C)COC(=O)CCC(NC(=O)N[C@@H](CCCCN)C(=O)OCC(C)C)C(=O)OCC(C)C. The van der Waals surface area contributed by atoms with Crippen LogP contribution in [-0.4, -0.2) is 62.4 Å². The zero-order valence-corrected chi connectivity index (χ0v) is 21.7. The second-order valence-electron chi connectivity index (χ2n) is 9.67. The number of ether oxygens (including phenoxy) is 3. The lowest BCUT2D eigenvalue weighted by atomic mass is 10.1. The average Bonchev–Trinajstić information content (AvgIpc) is 2.76. The van der Waals surface area contributed by atoms with Crippen molar-refractivity contribution in [2.24, 2.45) is 23.5 Å².